The van der Waals surface area contributed by atoms with Gasteiger partial charge < -0.3 is 0 Å². The third-order valence-electron chi connectivity index (χ3n) is 1.93. The van der Waals surface area contributed by atoms with Gasteiger partial charge in [-0.2, -0.15) is 11.8 Å². The molecule has 0 aliphatic carbocycles. The third-order valence-corrected chi connectivity index (χ3v) is 4.11. The first-order valence-electron chi connectivity index (χ1n) is 4.84. The van der Waals surface area contributed by atoms with Crippen LogP contribution in [-0.2, 0) is 0 Å². The second-order valence-corrected chi connectivity index (χ2v) is 6.59. The van der Waals surface area contributed by atoms with Gasteiger partial charge in [-0.05, 0) is 30.4 Å². The van der Waals surface area contributed by atoms with Gasteiger partial charge in [0.15, 0.2) is 0 Å². The Bertz CT molecular complexity index is 93.8. The summed E-state index contributed by atoms with van der Waals surface area (Å²) in [4.78, 5) is 0. The molecule has 0 spiro atoms. The van der Waals surface area contributed by atoms with Crippen molar-refractivity contribution >= 4 is 34.4 Å². The van der Waals surface area contributed by atoms with E-state index < -0.39 is 0 Å². The molecule has 0 heterocycles. The molecule has 0 fully saturated rings. The molecule has 0 aliphatic rings. The van der Waals surface area contributed by atoms with Gasteiger partial charge in [0.2, 0.25) is 0 Å². The zero-order chi connectivity index (χ0) is 9.40. The van der Waals surface area contributed by atoms with E-state index in [0.29, 0.717) is 0 Å². The molecule has 0 aromatic heterocycles. The van der Waals surface area contributed by atoms with Crippen LogP contribution in [-0.4, -0.2) is 9.51 Å². The lowest BCUT2D eigenvalue weighted by molar-refractivity contribution is 0.418. The molecule has 0 aliphatic heterocycles. The molecule has 0 bridgehead atoms. The number of hydrogen-bond acceptors (Lipinski definition) is 1. The fraction of sp³-hybridized carbons (Fsp3) is 1.00. The zero-order valence-corrected chi connectivity index (χ0v) is 11.5. The average Bonchev–Trinajstić information content (AvgIpc) is 2.00. The van der Waals surface area contributed by atoms with Gasteiger partial charge in [-0.15, -0.1) is 0 Å². The van der Waals surface area contributed by atoms with Crippen molar-refractivity contribution in [2.45, 2.75) is 40.0 Å². The maximum absolute atomic E-state index is 2.45. The molecule has 0 saturated heterocycles. The fourth-order valence-electron chi connectivity index (χ4n) is 1.56. The highest BCUT2D eigenvalue weighted by atomic mass is 127. The van der Waals surface area contributed by atoms with Crippen LogP contribution in [0.4, 0.5) is 0 Å². The van der Waals surface area contributed by atoms with Crippen LogP contribution in [0.3, 0.4) is 0 Å². The van der Waals surface area contributed by atoms with Crippen molar-refractivity contribution < 1.29 is 0 Å². The van der Waals surface area contributed by atoms with Crippen LogP contribution < -0.4 is 0 Å². The van der Waals surface area contributed by atoms with Gasteiger partial charge in [0.1, 0.15) is 0 Å². The number of alkyl halides is 1. The van der Waals surface area contributed by atoms with E-state index in [1.54, 1.807) is 0 Å². The zero-order valence-electron chi connectivity index (χ0n) is 8.48. The first-order chi connectivity index (χ1) is 5.70. The lowest BCUT2D eigenvalue weighted by Gasteiger charge is -2.17. The summed E-state index contributed by atoms with van der Waals surface area (Å²) in [5.41, 5.74) is 0. The molecule has 0 nitrogen and oxygen atoms in total. The predicted octanol–water partition coefficient (Wildman–Crippen LogP) is 4.57. The SMILES string of the molecule is CCCC(CSCI)CC(C)C. The summed E-state index contributed by atoms with van der Waals surface area (Å²) in [6.07, 6.45) is 4.18. The van der Waals surface area contributed by atoms with Gasteiger partial charge in [0, 0.05) is 3.76 Å². The molecule has 2 heteroatoms. The quantitative estimate of drug-likeness (QED) is 0.490. The molecule has 0 N–H and O–H groups in total. The highest BCUT2D eigenvalue weighted by molar-refractivity contribution is 14.1. The van der Waals surface area contributed by atoms with Crippen LogP contribution in [0.15, 0.2) is 0 Å². The minimum absolute atomic E-state index is 0.872. The van der Waals surface area contributed by atoms with E-state index in [1.165, 1.54) is 28.8 Å². The number of hydrogen-bond donors (Lipinski definition) is 0. The van der Waals surface area contributed by atoms with Gasteiger partial charge in [-0.1, -0.05) is 49.8 Å². The monoisotopic (exact) mass is 300 g/mol. The first-order valence-corrected chi connectivity index (χ1v) is 7.52. The Morgan fingerprint density at radius 2 is 2.00 bits per heavy atom. The van der Waals surface area contributed by atoms with Gasteiger partial charge >= 0.3 is 0 Å². The van der Waals surface area contributed by atoms with Crippen LogP contribution in [0.2, 0.25) is 0 Å². The topological polar surface area (TPSA) is 0 Å². The van der Waals surface area contributed by atoms with Gasteiger partial charge in [-0.3, -0.25) is 0 Å². The van der Waals surface area contributed by atoms with Gasteiger partial charge in [0.25, 0.3) is 0 Å². The maximum atomic E-state index is 2.45. The fourth-order valence-corrected chi connectivity index (χ4v) is 3.04. The van der Waals surface area contributed by atoms with Crippen molar-refractivity contribution in [3.63, 3.8) is 0 Å². The van der Waals surface area contributed by atoms with Crippen molar-refractivity contribution in [2.75, 3.05) is 9.51 Å². The Labute approximate surface area is 95.4 Å². The molecule has 0 amide bonds. The first kappa shape index (κ1) is 13.1. The largest absolute Gasteiger partial charge is 0.151 e. The summed E-state index contributed by atoms with van der Waals surface area (Å²) in [6, 6.07) is 0. The molecule has 0 aromatic carbocycles. The van der Waals surface area contributed by atoms with E-state index in [0.717, 1.165) is 11.8 Å². The van der Waals surface area contributed by atoms with E-state index in [1.807, 2.05) is 0 Å². The molecule has 0 saturated carbocycles. The van der Waals surface area contributed by atoms with Gasteiger partial charge in [-0.25, -0.2) is 0 Å². The molecular weight excluding hydrogens is 279 g/mol. The van der Waals surface area contributed by atoms with E-state index in [2.05, 4.69) is 55.1 Å². The number of halogens is 1. The Balaban J connectivity index is 3.54. The molecule has 1 unspecified atom stereocenters. The Morgan fingerprint density at radius 1 is 1.33 bits per heavy atom. The van der Waals surface area contributed by atoms with Crippen LogP contribution in [0.25, 0.3) is 0 Å². The second-order valence-electron chi connectivity index (χ2n) is 3.76. The van der Waals surface area contributed by atoms with Crippen molar-refractivity contribution in [1.29, 1.82) is 0 Å². The standard InChI is InChI=1S/C10H21IS/c1-4-5-10(6-9(2)3)7-12-8-11/h9-10H,4-8H2,1-3H3. The number of rotatable bonds is 7. The minimum atomic E-state index is 0.872. The summed E-state index contributed by atoms with van der Waals surface area (Å²) in [5, 5.41) is 0. The van der Waals surface area contributed by atoms with Crippen LogP contribution in [0.1, 0.15) is 40.0 Å². The second kappa shape index (κ2) is 8.67. The van der Waals surface area contributed by atoms with E-state index in [9.17, 15) is 0 Å². The highest BCUT2D eigenvalue weighted by Crippen LogP contribution is 2.22. The maximum Gasteiger partial charge on any atom is 0.0454 e. The third kappa shape index (κ3) is 7.71. The van der Waals surface area contributed by atoms with E-state index >= 15 is 0 Å². The predicted molar refractivity (Wildman–Crippen MR) is 69.2 cm³/mol. The molecular formula is C10H21IS. The summed E-state index contributed by atoms with van der Waals surface area (Å²) >= 11 is 4.53. The Kier molecular flexibility index (Phi) is 9.45. The molecule has 0 radical (unpaired) electrons. The van der Waals surface area contributed by atoms with Gasteiger partial charge in [0.05, 0.1) is 0 Å². The summed E-state index contributed by atoms with van der Waals surface area (Å²) in [6.45, 7) is 6.96. The number of thioether (sulfide) groups is 1. The summed E-state index contributed by atoms with van der Waals surface area (Å²) in [5.74, 6) is 3.21. The average molecular weight is 300 g/mol. The van der Waals surface area contributed by atoms with Crippen LogP contribution >= 0.6 is 34.4 Å². The molecule has 12 heavy (non-hydrogen) atoms. The molecule has 74 valence electrons. The molecule has 0 rings (SSSR count). The molecule has 1 atom stereocenters. The summed E-state index contributed by atoms with van der Waals surface area (Å²) < 4.78 is 1.25. The van der Waals surface area contributed by atoms with E-state index in [4.69, 9.17) is 0 Å². The molecule has 0 aromatic rings. The van der Waals surface area contributed by atoms with Crippen molar-refractivity contribution in [3.05, 3.63) is 0 Å². The lowest BCUT2D eigenvalue weighted by atomic mass is 9.95. The van der Waals surface area contributed by atoms with Crippen molar-refractivity contribution in [3.8, 4) is 0 Å². The summed E-state index contributed by atoms with van der Waals surface area (Å²) in [7, 11) is 0. The lowest BCUT2D eigenvalue weighted by Crippen LogP contribution is -2.07. The Morgan fingerprint density at radius 3 is 2.42 bits per heavy atom. The van der Waals surface area contributed by atoms with Crippen molar-refractivity contribution in [1.82, 2.24) is 0 Å². The van der Waals surface area contributed by atoms with Crippen LogP contribution in [0, 0.1) is 11.8 Å². The van der Waals surface area contributed by atoms with Crippen LogP contribution in [0.5, 0.6) is 0 Å². The van der Waals surface area contributed by atoms with E-state index in [-0.39, 0.29) is 0 Å². The van der Waals surface area contributed by atoms with Crippen molar-refractivity contribution in [2.24, 2.45) is 11.8 Å². The Hall–Kier alpha value is 1.08. The minimum Gasteiger partial charge on any atom is -0.151 e. The smallest absolute Gasteiger partial charge is 0.0454 e. The highest BCUT2D eigenvalue weighted by Gasteiger charge is 2.09. The normalized spacial score (nSPS) is 13.8.